The first-order chi connectivity index (χ1) is 31.8. The van der Waals surface area contributed by atoms with Crippen LogP contribution in [0.5, 0.6) is 0 Å². The normalized spacial score (nSPS) is 11.4. The van der Waals surface area contributed by atoms with Gasteiger partial charge in [0, 0.05) is 33.3 Å². The average Bonchev–Trinajstić information content (AvgIpc) is 3.71. The summed E-state index contributed by atoms with van der Waals surface area (Å²) < 4.78 is 2.42. The highest BCUT2D eigenvalue weighted by molar-refractivity contribution is 6.13. The van der Waals surface area contributed by atoms with Gasteiger partial charge in [-0.15, -0.1) is 0 Å². The third-order valence-electron chi connectivity index (χ3n) is 12.8. The standard InChI is InChI=1S/C62H42N2/c1-3-16-43(17-4-1)44-30-36-49(37-31-44)63(50-38-32-47(33-39-50)53-22-9-12-27-59(53)64-60-28-13-10-23-57(60)58-24-11-14-29-61(58)64)62-42-48(35-40-54(62)45-18-5-2-6-19-45)52-25-15-26-55-51-21-8-7-20-46(51)34-41-56(52)55/h1-42H. The molecule has 64 heavy (non-hydrogen) atoms. The van der Waals surface area contributed by atoms with Crippen LogP contribution in [0, 0.1) is 0 Å². The van der Waals surface area contributed by atoms with E-state index in [2.05, 4.69) is 264 Å². The first kappa shape index (κ1) is 37.3. The number of anilines is 3. The maximum atomic E-state index is 2.43. The summed E-state index contributed by atoms with van der Waals surface area (Å²) in [5, 5.41) is 7.52. The average molecular weight is 815 g/mol. The van der Waals surface area contributed by atoms with Gasteiger partial charge >= 0.3 is 0 Å². The van der Waals surface area contributed by atoms with Gasteiger partial charge in [-0.05, 0) is 103 Å². The molecule has 0 N–H and O–H groups in total. The van der Waals surface area contributed by atoms with E-state index >= 15 is 0 Å². The molecule has 12 rings (SSSR count). The number of para-hydroxylation sites is 3. The van der Waals surface area contributed by atoms with Crippen molar-refractivity contribution in [3.63, 3.8) is 0 Å². The minimum atomic E-state index is 1.07. The number of aromatic nitrogens is 1. The molecule has 11 aromatic carbocycles. The molecule has 0 spiro atoms. The first-order valence-electron chi connectivity index (χ1n) is 22.0. The Kier molecular flexibility index (Phi) is 9.20. The van der Waals surface area contributed by atoms with E-state index in [-0.39, 0.29) is 0 Å². The highest BCUT2D eigenvalue weighted by Gasteiger charge is 2.21. The van der Waals surface area contributed by atoms with Gasteiger partial charge in [-0.25, -0.2) is 0 Å². The van der Waals surface area contributed by atoms with Crippen LogP contribution < -0.4 is 4.90 Å². The molecule has 0 unspecified atom stereocenters. The fourth-order valence-corrected chi connectivity index (χ4v) is 9.78. The van der Waals surface area contributed by atoms with E-state index in [1.54, 1.807) is 0 Å². The van der Waals surface area contributed by atoms with E-state index in [0.717, 1.165) is 45.0 Å². The predicted octanol–water partition coefficient (Wildman–Crippen LogP) is 17.2. The molecular formula is C62H42N2. The van der Waals surface area contributed by atoms with Gasteiger partial charge < -0.3 is 9.47 Å². The molecule has 2 nitrogen and oxygen atoms in total. The van der Waals surface area contributed by atoms with Crippen LogP contribution in [0.15, 0.2) is 255 Å². The number of rotatable bonds is 8. The molecule has 12 aromatic rings. The minimum Gasteiger partial charge on any atom is -0.310 e. The third-order valence-corrected chi connectivity index (χ3v) is 12.8. The van der Waals surface area contributed by atoms with E-state index in [9.17, 15) is 0 Å². The van der Waals surface area contributed by atoms with Gasteiger partial charge in [0.05, 0.1) is 22.4 Å². The molecule has 0 bridgehead atoms. The zero-order chi connectivity index (χ0) is 42.4. The number of fused-ring (bicyclic) bond motifs is 6. The van der Waals surface area contributed by atoms with Crippen molar-refractivity contribution in [1.82, 2.24) is 4.57 Å². The largest absolute Gasteiger partial charge is 0.310 e. The maximum absolute atomic E-state index is 2.43. The smallest absolute Gasteiger partial charge is 0.0546 e. The van der Waals surface area contributed by atoms with Gasteiger partial charge in [0.1, 0.15) is 0 Å². The van der Waals surface area contributed by atoms with Crippen molar-refractivity contribution in [3.05, 3.63) is 255 Å². The molecule has 0 aliphatic carbocycles. The Morgan fingerprint density at radius 2 is 0.766 bits per heavy atom. The fourth-order valence-electron chi connectivity index (χ4n) is 9.78. The molecule has 1 aromatic heterocycles. The van der Waals surface area contributed by atoms with Gasteiger partial charge in [0.2, 0.25) is 0 Å². The van der Waals surface area contributed by atoms with Crippen molar-refractivity contribution in [1.29, 1.82) is 0 Å². The van der Waals surface area contributed by atoms with E-state index in [4.69, 9.17) is 0 Å². The second-order valence-corrected chi connectivity index (χ2v) is 16.5. The molecule has 0 amide bonds. The summed E-state index contributed by atoms with van der Waals surface area (Å²) in [5.41, 5.74) is 16.2. The van der Waals surface area contributed by atoms with Gasteiger partial charge in [-0.1, -0.05) is 206 Å². The zero-order valence-electron chi connectivity index (χ0n) is 35.1. The molecular weight excluding hydrogens is 773 g/mol. The second-order valence-electron chi connectivity index (χ2n) is 16.5. The van der Waals surface area contributed by atoms with Gasteiger partial charge in [-0.3, -0.25) is 0 Å². The summed E-state index contributed by atoms with van der Waals surface area (Å²) in [5.74, 6) is 0. The monoisotopic (exact) mass is 814 g/mol. The van der Waals surface area contributed by atoms with Crippen molar-refractivity contribution in [2.75, 3.05) is 4.90 Å². The lowest BCUT2D eigenvalue weighted by atomic mass is 9.92. The number of nitrogens with zero attached hydrogens (tertiary/aromatic N) is 2. The lowest BCUT2D eigenvalue weighted by molar-refractivity contribution is 1.18. The summed E-state index contributed by atoms with van der Waals surface area (Å²) in [4.78, 5) is 2.43. The summed E-state index contributed by atoms with van der Waals surface area (Å²) in [6.45, 7) is 0. The van der Waals surface area contributed by atoms with E-state index in [1.165, 1.54) is 65.6 Å². The molecule has 2 heteroatoms. The third kappa shape index (κ3) is 6.44. The first-order valence-corrected chi connectivity index (χ1v) is 22.0. The quantitative estimate of drug-likeness (QED) is 0.139. The van der Waals surface area contributed by atoms with Crippen LogP contribution in [0.1, 0.15) is 0 Å². The molecule has 0 saturated heterocycles. The lowest BCUT2D eigenvalue weighted by Gasteiger charge is -2.29. The Morgan fingerprint density at radius 3 is 1.47 bits per heavy atom. The Balaban J connectivity index is 1.04. The zero-order valence-corrected chi connectivity index (χ0v) is 35.1. The van der Waals surface area contributed by atoms with Gasteiger partial charge in [0.25, 0.3) is 0 Å². The molecule has 1 heterocycles. The number of benzene rings is 11. The second kappa shape index (κ2) is 15.8. The van der Waals surface area contributed by atoms with Crippen LogP contribution in [-0.2, 0) is 0 Å². The summed E-state index contributed by atoms with van der Waals surface area (Å²) >= 11 is 0. The number of hydrogen-bond acceptors (Lipinski definition) is 1. The molecule has 300 valence electrons. The van der Waals surface area contributed by atoms with Crippen molar-refractivity contribution in [2.24, 2.45) is 0 Å². The fraction of sp³-hybridized carbons (Fsp3) is 0. The van der Waals surface area contributed by atoms with Crippen LogP contribution >= 0.6 is 0 Å². The van der Waals surface area contributed by atoms with E-state index < -0.39 is 0 Å². The van der Waals surface area contributed by atoms with Crippen LogP contribution in [0.2, 0.25) is 0 Å². The van der Waals surface area contributed by atoms with Gasteiger partial charge in [0.15, 0.2) is 0 Å². The van der Waals surface area contributed by atoms with Crippen LogP contribution in [-0.4, -0.2) is 4.57 Å². The molecule has 0 radical (unpaired) electrons. The molecule has 0 fully saturated rings. The summed E-state index contributed by atoms with van der Waals surface area (Å²) in [7, 11) is 0. The van der Waals surface area contributed by atoms with Crippen molar-refractivity contribution in [2.45, 2.75) is 0 Å². The van der Waals surface area contributed by atoms with Crippen LogP contribution in [0.3, 0.4) is 0 Å². The number of hydrogen-bond donors (Lipinski definition) is 0. The van der Waals surface area contributed by atoms with Crippen molar-refractivity contribution >= 4 is 60.4 Å². The molecule has 0 aliphatic heterocycles. The van der Waals surface area contributed by atoms with E-state index in [0.29, 0.717) is 0 Å². The SMILES string of the molecule is c1ccc(-c2ccc(N(c3ccc(-c4ccccc4-n4c5ccccc5c5ccccc54)cc3)c3cc(-c4cccc5c4ccc4ccccc45)ccc3-c3ccccc3)cc2)cc1. The highest BCUT2D eigenvalue weighted by Crippen LogP contribution is 2.45. The van der Waals surface area contributed by atoms with E-state index in [1.807, 2.05) is 0 Å². The molecule has 0 aliphatic rings. The van der Waals surface area contributed by atoms with Crippen LogP contribution in [0.25, 0.3) is 93.5 Å². The molecule has 0 atom stereocenters. The predicted molar refractivity (Wildman–Crippen MR) is 272 cm³/mol. The summed E-state index contributed by atoms with van der Waals surface area (Å²) in [6, 6.07) is 92.7. The Bertz CT molecular complexity index is 3590. The minimum absolute atomic E-state index is 1.07. The maximum Gasteiger partial charge on any atom is 0.0546 e. The topological polar surface area (TPSA) is 8.17 Å². The van der Waals surface area contributed by atoms with Crippen molar-refractivity contribution < 1.29 is 0 Å². The van der Waals surface area contributed by atoms with Crippen LogP contribution in [0.4, 0.5) is 17.1 Å². The highest BCUT2D eigenvalue weighted by atomic mass is 15.1. The Labute approximate surface area is 373 Å². The van der Waals surface area contributed by atoms with Gasteiger partial charge in [-0.2, -0.15) is 0 Å². The lowest BCUT2D eigenvalue weighted by Crippen LogP contribution is -2.11. The Morgan fingerprint density at radius 1 is 0.266 bits per heavy atom. The summed E-state index contributed by atoms with van der Waals surface area (Å²) in [6.07, 6.45) is 0. The Hall–Kier alpha value is -8.46. The van der Waals surface area contributed by atoms with Crippen molar-refractivity contribution in [3.8, 4) is 50.2 Å². The molecule has 0 saturated carbocycles.